The molecule has 0 aromatic carbocycles. The van der Waals surface area contributed by atoms with E-state index in [1.807, 2.05) is 6.92 Å². The van der Waals surface area contributed by atoms with Gasteiger partial charge in [-0.15, -0.1) is 10.2 Å². The van der Waals surface area contributed by atoms with Crippen molar-refractivity contribution in [2.24, 2.45) is 5.92 Å². The van der Waals surface area contributed by atoms with Gasteiger partial charge in [0.25, 0.3) is 0 Å². The summed E-state index contributed by atoms with van der Waals surface area (Å²) in [5.74, 6) is 2.17. The van der Waals surface area contributed by atoms with Crippen LogP contribution < -0.4 is 10.6 Å². The summed E-state index contributed by atoms with van der Waals surface area (Å²) in [5, 5.41) is 15.1. The van der Waals surface area contributed by atoms with E-state index >= 15 is 0 Å². The second-order valence-corrected chi connectivity index (χ2v) is 6.30. The maximum atomic E-state index is 12.4. The second-order valence-electron chi connectivity index (χ2n) is 6.30. The summed E-state index contributed by atoms with van der Waals surface area (Å²) in [7, 11) is 0. The van der Waals surface area contributed by atoms with Crippen molar-refractivity contribution in [2.75, 3.05) is 6.54 Å². The molecular formula is C15H25N5O. The molecule has 2 aliphatic rings. The first-order valence-corrected chi connectivity index (χ1v) is 8.12. The van der Waals surface area contributed by atoms with Gasteiger partial charge >= 0.3 is 0 Å². The number of carbonyl (C=O) groups excluding carboxylic acids is 1. The summed E-state index contributed by atoms with van der Waals surface area (Å²) in [5.41, 5.74) is 0. The lowest BCUT2D eigenvalue weighted by Gasteiger charge is -2.19. The maximum absolute atomic E-state index is 12.4. The van der Waals surface area contributed by atoms with Gasteiger partial charge in [-0.1, -0.05) is 6.42 Å². The van der Waals surface area contributed by atoms with Crippen LogP contribution in [0.1, 0.15) is 57.2 Å². The Kier molecular flexibility index (Phi) is 4.24. The molecule has 0 spiro atoms. The molecule has 1 aromatic heterocycles. The van der Waals surface area contributed by atoms with Gasteiger partial charge in [0.15, 0.2) is 5.82 Å². The third-order valence-corrected chi connectivity index (χ3v) is 4.75. The van der Waals surface area contributed by atoms with E-state index < -0.39 is 0 Å². The topological polar surface area (TPSA) is 71.8 Å². The highest BCUT2D eigenvalue weighted by Crippen LogP contribution is 2.20. The van der Waals surface area contributed by atoms with Gasteiger partial charge in [-0.05, 0) is 39.7 Å². The fraction of sp³-hybridized carbons (Fsp3) is 0.800. The van der Waals surface area contributed by atoms with Gasteiger partial charge in [-0.25, -0.2) is 0 Å². The molecule has 6 heteroatoms. The Morgan fingerprint density at radius 3 is 3.00 bits per heavy atom. The average Bonchev–Trinajstić information content (AvgIpc) is 2.99. The molecule has 0 bridgehead atoms. The molecule has 116 valence electrons. The maximum Gasteiger partial charge on any atom is 0.225 e. The van der Waals surface area contributed by atoms with E-state index in [0.717, 1.165) is 37.6 Å². The largest absolute Gasteiger partial charge is 0.346 e. The highest BCUT2D eigenvalue weighted by atomic mass is 16.2. The van der Waals surface area contributed by atoms with Crippen LogP contribution in [0.25, 0.3) is 0 Å². The van der Waals surface area contributed by atoms with Gasteiger partial charge in [0.2, 0.25) is 5.91 Å². The zero-order valence-electron chi connectivity index (χ0n) is 12.9. The Morgan fingerprint density at radius 2 is 2.24 bits per heavy atom. The lowest BCUT2D eigenvalue weighted by atomic mass is 10.0. The van der Waals surface area contributed by atoms with Crippen LogP contribution in [0.3, 0.4) is 0 Å². The van der Waals surface area contributed by atoms with Gasteiger partial charge in [-0.2, -0.15) is 0 Å². The van der Waals surface area contributed by atoms with Crippen molar-refractivity contribution >= 4 is 5.91 Å². The summed E-state index contributed by atoms with van der Waals surface area (Å²) in [6.45, 7) is 5.98. The first-order chi connectivity index (χ1) is 10.2. The number of fused-ring (bicyclic) bond motifs is 1. The summed E-state index contributed by atoms with van der Waals surface area (Å²) in [6.07, 6.45) is 5.51. The first-order valence-electron chi connectivity index (χ1n) is 8.12. The quantitative estimate of drug-likeness (QED) is 0.877. The number of aryl methyl sites for hydroxylation is 1. The molecule has 1 saturated heterocycles. The predicted octanol–water partition coefficient (Wildman–Crippen LogP) is 1.18. The SMILES string of the molecule is CC(NC(=O)C1CCNC1C)c1nnc2n1CCCCC2. The number of nitrogens with zero attached hydrogens (tertiary/aromatic N) is 3. The Morgan fingerprint density at radius 1 is 1.38 bits per heavy atom. The molecule has 2 N–H and O–H groups in total. The van der Waals surface area contributed by atoms with E-state index in [9.17, 15) is 4.79 Å². The van der Waals surface area contributed by atoms with Crippen LogP contribution in [0.15, 0.2) is 0 Å². The molecule has 3 heterocycles. The van der Waals surface area contributed by atoms with Crippen LogP contribution in [-0.2, 0) is 17.8 Å². The zero-order valence-corrected chi connectivity index (χ0v) is 12.9. The number of hydrogen-bond acceptors (Lipinski definition) is 4. The number of nitrogens with one attached hydrogen (secondary N) is 2. The monoisotopic (exact) mass is 291 g/mol. The Balaban J connectivity index is 1.69. The molecule has 2 aliphatic heterocycles. The smallest absolute Gasteiger partial charge is 0.225 e. The summed E-state index contributed by atoms with van der Waals surface area (Å²) in [4.78, 5) is 12.4. The molecule has 3 atom stereocenters. The number of amides is 1. The fourth-order valence-corrected chi connectivity index (χ4v) is 3.43. The van der Waals surface area contributed by atoms with Crippen molar-refractivity contribution in [1.29, 1.82) is 0 Å². The van der Waals surface area contributed by atoms with E-state index in [4.69, 9.17) is 0 Å². The van der Waals surface area contributed by atoms with Gasteiger partial charge in [0, 0.05) is 19.0 Å². The minimum Gasteiger partial charge on any atom is -0.346 e. The van der Waals surface area contributed by atoms with Crippen LogP contribution >= 0.6 is 0 Å². The lowest BCUT2D eigenvalue weighted by Crippen LogP contribution is -2.38. The molecule has 1 amide bonds. The van der Waals surface area contributed by atoms with Crippen molar-refractivity contribution in [3.8, 4) is 0 Å². The van der Waals surface area contributed by atoms with Gasteiger partial charge in [0.05, 0.1) is 12.0 Å². The number of rotatable bonds is 3. The van der Waals surface area contributed by atoms with Crippen LogP contribution in [0, 0.1) is 5.92 Å². The summed E-state index contributed by atoms with van der Waals surface area (Å²) >= 11 is 0. The van der Waals surface area contributed by atoms with E-state index in [1.54, 1.807) is 0 Å². The average molecular weight is 291 g/mol. The zero-order chi connectivity index (χ0) is 14.8. The standard InChI is InChI=1S/C15H25N5O/c1-10-12(7-8-16-10)15(21)17-11(2)14-19-18-13-6-4-3-5-9-20(13)14/h10-12,16H,3-9H2,1-2H3,(H,17,21). The van der Waals surface area contributed by atoms with E-state index in [-0.39, 0.29) is 23.9 Å². The van der Waals surface area contributed by atoms with Crippen LogP contribution in [0.2, 0.25) is 0 Å². The van der Waals surface area contributed by atoms with Crippen molar-refractivity contribution in [2.45, 2.75) is 64.6 Å². The van der Waals surface area contributed by atoms with Crippen molar-refractivity contribution in [1.82, 2.24) is 25.4 Å². The lowest BCUT2D eigenvalue weighted by molar-refractivity contribution is -0.125. The molecule has 3 rings (SSSR count). The van der Waals surface area contributed by atoms with Crippen LogP contribution in [0.4, 0.5) is 0 Å². The minimum absolute atomic E-state index is 0.0685. The predicted molar refractivity (Wildman–Crippen MR) is 79.7 cm³/mol. The van der Waals surface area contributed by atoms with Crippen molar-refractivity contribution in [3.63, 3.8) is 0 Å². The van der Waals surface area contributed by atoms with Gasteiger partial charge < -0.3 is 15.2 Å². The van der Waals surface area contributed by atoms with E-state index in [2.05, 4.69) is 32.3 Å². The number of carbonyl (C=O) groups is 1. The van der Waals surface area contributed by atoms with Crippen molar-refractivity contribution < 1.29 is 4.79 Å². The van der Waals surface area contributed by atoms with Gasteiger partial charge in [0.1, 0.15) is 5.82 Å². The normalized spacial score (nSPS) is 27.0. The third-order valence-electron chi connectivity index (χ3n) is 4.75. The van der Waals surface area contributed by atoms with E-state index in [0.29, 0.717) is 0 Å². The Labute approximate surface area is 125 Å². The highest BCUT2D eigenvalue weighted by molar-refractivity contribution is 5.80. The Bertz CT molecular complexity index is 512. The number of hydrogen-bond donors (Lipinski definition) is 2. The highest BCUT2D eigenvalue weighted by Gasteiger charge is 2.31. The molecule has 1 aromatic rings. The summed E-state index contributed by atoms with van der Waals surface area (Å²) < 4.78 is 2.20. The third kappa shape index (κ3) is 2.95. The molecule has 0 radical (unpaired) electrons. The molecule has 1 fully saturated rings. The number of aromatic nitrogens is 3. The molecule has 6 nitrogen and oxygen atoms in total. The van der Waals surface area contributed by atoms with Crippen molar-refractivity contribution in [3.05, 3.63) is 11.6 Å². The molecule has 0 saturated carbocycles. The first kappa shape index (κ1) is 14.5. The second kappa shape index (κ2) is 6.13. The van der Waals surface area contributed by atoms with E-state index in [1.165, 1.54) is 19.3 Å². The fourth-order valence-electron chi connectivity index (χ4n) is 3.43. The molecule has 21 heavy (non-hydrogen) atoms. The van der Waals surface area contributed by atoms with Crippen LogP contribution in [0.5, 0.6) is 0 Å². The Hall–Kier alpha value is -1.43. The molecule has 3 unspecified atom stereocenters. The summed E-state index contributed by atoms with van der Waals surface area (Å²) in [6, 6.07) is 0.178. The van der Waals surface area contributed by atoms with Crippen LogP contribution in [-0.4, -0.2) is 33.3 Å². The molecular weight excluding hydrogens is 266 g/mol. The molecule has 0 aliphatic carbocycles. The minimum atomic E-state index is -0.0790. The van der Waals surface area contributed by atoms with Gasteiger partial charge in [-0.3, -0.25) is 4.79 Å².